The van der Waals surface area contributed by atoms with Gasteiger partial charge in [-0.05, 0) is 86.2 Å². The van der Waals surface area contributed by atoms with Gasteiger partial charge in [0.15, 0.2) is 0 Å². The molecule has 0 saturated heterocycles. The lowest BCUT2D eigenvalue weighted by Gasteiger charge is -2.44. The number of aliphatic hydroxyl groups excluding tert-OH is 2. The molecule has 10 heteroatoms. The number of azide groups is 1. The Morgan fingerprint density at radius 2 is 1.00 bits per heavy atom. The van der Waals surface area contributed by atoms with Crippen LogP contribution >= 0.6 is 23.5 Å². The van der Waals surface area contributed by atoms with E-state index in [4.69, 9.17) is 11.3 Å². The van der Waals surface area contributed by atoms with E-state index in [1.54, 1.807) is 23.5 Å². The Kier molecular flexibility index (Phi) is 9.17. The highest BCUT2D eigenvalue weighted by molar-refractivity contribution is 8.00. The maximum Gasteiger partial charge on any atom is 0.0897 e. The Labute approximate surface area is 278 Å². The molecule has 2 saturated carbocycles. The van der Waals surface area contributed by atoms with Gasteiger partial charge in [-0.3, -0.25) is 0 Å². The molecule has 2 heterocycles. The Morgan fingerprint density at radius 1 is 0.609 bits per heavy atom. The van der Waals surface area contributed by atoms with Crippen molar-refractivity contribution in [1.82, 2.24) is 0 Å². The average molecular weight is 651 g/mol. The van der Waals surface area contributed by atoms with Crippen molar-refractivity contribution in [3.8, 4) is 0 Å². The van der Waals surface area contributed by atoms with Crippen molar-refractivity contribution >= 4 is 46.3 Å². The van der Waals surface area contributed by atoms with Gasteiger partial charge in [0.25, 0.3) is 0 Å². The molecule has 236 valence electrons. The lowest BCUT2D eigenvalue weighted by atomic mass is 9.87. The van der Waals surface area contributed by atoms with Crippen LogP contribution in [0.15, 0.2) is 122 Å². The van der Waals surface area contributed by atoms with E-state index in [1.807, 2.05) is 24.3 Å². The van der Waals surface area contributed by atoms with Crippen molar-refractivity contribution in [3.05, 3.63) is 108 Å². The molecule has 0 bridgehead atoms. The fourth-order valence-electron chi connectivity index (χ4n) is 7.26. The number of hydrogen-bond donors (Lipinski definition) is 3. The second-order valence-electron chi connectivity index (χ2n) is 12.2. The van der Waals surface area contributed by atoms with E-state index in [2.05, 4.69) is 92.6 Å². The molecule has 8 rings (SSSR count). The monoisotopic (exact) mass is 650 g/mol. The van der Waals surface area contributed by atoms with Crippen LogP contribution in [0, 0.1) is 0 Å². The molecule has 0 amide bonds. The van der Waals surface area contributed by atoms with Gasteiger partial charge in [-0.2, -0.15) is 0 Å². The van der Waals surface area contributed by atoms with Gasteiger partial charge in [-0.1, -0.05) is 83.6 Å². The van der Waals surface area contributed by atoms with Crippen molar-refractivity contribution in [3.63, 3.8) is 0 Å². The van der Waals surface area contributed by atoms with Crippen LogP contribution in [-0.4, -0.2) is 46.6 Å². The highest BCUT2D eigenvalue weighted by Crippen LogP contribution is 2.51. The number of nitrogens with two attached hydrogens (primary N) is 1. The summed E-state index contributed by atoms with van der Waals surface area (Å²) in [5.41, 5.74) is 19.5. The zero-order valence-electron chi connectivity index (χ0n) is 25.5. The molecule has 4 aliphatic rings. The van der Waals surface area contributed by atoms with Crippen LogP contribution in [0.2, 0.25) is 0 Å². The number of hydrogen-bond acceptors (Lipinski definition) is 8. The van der Waals surface area contributed by atoms with Gasteiger partial charge in [0.2, 0.25) is 0 Å². The summed E-state index contributed by atoms with van der Waals surface area (Å²) in [4.78, 5) is 12.3. The first-order chi connectivity index (χ1) is 22.5. The molecule has 0 spiro atoms. The SMILES string of the molecule is N[C@@H]1CCCC(N2c3ccccc3Sc3ccccc32)[C@H]1O.[N-]=[N+]=N[C@@H]1CCCC(N2c3ccccc3Sc3ccccc32)[C@H]1O. The third-order valence-corrected chi connectivity index (χ3v) is 11.7. The Hall–Kier alpha value is -3.63. The van der Waals surface area contributed by atoms with E-state index in [1.165, 1.54) is 31.0 Å². The molecule has 2 aliphatic carbocycles. The van der Waals surface area contributed by atoms with Crippen molar-refractivity contribution in [2.75, 3.05) is 9.80 Å². The lowest BCUT2D eigenvalue weighted by molar-refractivity contribution is 0.0874. The fraction of sp³-hybridized carbons (Fsp3) is 0.333. The summed E-state index contributed by atoms with van der Waals surface area (Å²) in [6.07, 6.45) is 4.36. The molecule has 4 N–H and O–H groups in total. The van der Waals surface area contributed by atoms with Crippen LogP contribution in [0.1, 0.15) is 38.5 Å². The van der Waals surface area contributed by atoms with Gasteiger partial charge in [-0.15, -0.1) is 0 Å². The van der Waals surface area contributed by atoms with Crippen molar-refractivity contribution in [2.24, 2.45) is 10.8 Å². The summed E-state index contributed by atoms with van der Waals surface area (Å²) in [5, 5.41) is 25.3. The second-order valence-corrected chi connectivity index (χ2v) is 14.4. The molecule has 46 heavy (non-hydrogen) atoms. The van der Waals surface area contributed by atoms with Gasteiger partial charge in [0.1, 0.15) is 0 Å². The molecule has 4 aromatic carbocycles. The smallest absolute Gasteiger partial charge is 0.0897 e. The number of fused-ring (bicyclic) bond motifs is 4. The number of aliphatic hydroxyl groups is 2. The van der Waals surface area contributed by atoms with Gasteiger partial charge < -0.3 is 25.7 Å². The number of anilines is 4. The number of nitrogens with zero attached hydrogens (tertiary/aromatic N) is 5. The van der Waals surface area contributed by atoms with Crippen molar-refractivity contribution < 1.29 is 10.2 Å². The van der Waals surface area contributed by atoms with Crippen LogP contribution in [-0.2, 0) is 0 Å². The first-order valence-electron chi connectivity index (χ1n) is 16.0. The van der Waals surface area contributed by atoms with Gasteiger partial charge >= 0.3 is 0 Å². The molecule has 8 nitrogen and oxygen atoms in total. The van der Waals surface area contributed by atoms with Gasteiger partial charge in [0.05, 0.1) is 53.1 Å². The minimum atomic E-state index is -0.668. The lowest BCUT2D eigenvalue weighted by Crippen LogP contribution is -2.53. The fourth-order valence-corrected chi connectivity index (χ4v) is 9.40. The van der Waals surface area contributed by atoms with Crippen LogP contribution in [0.25, 0.3) is 10.4 Å². The van der Waals surface area contributed by atoms with Crippen molar-refractivity contribution in [2.45, 2.75) is 94.5 Å². The highest BCUT2D eigenvalue weighted by Gasteiger charge is 2.39. The summed E-state index contributed by atoms with van der Waals surface area (Å²) in [5.74, 6) is 0. The Morgan fingerprint density at radius 3 is 1.43 bits per heavy atom. The number of para-hydroxylation sites is 4. The second kappa shape index (κ2) is 13.6. The standard InChI is InChI=1S/C18H18N4OS.C18H20N2OS/c19-21-20-12-6-5-9-15(18(12)23)22-13-7-1-3-10-16(13)24-17-11-4-2-8-14(17)22;19-12-6-5-9-15(18(12)21)20-13-7-1-3-10-16(13)22-17-11-4-2-8-14(17)20/h1-4,7-8,10-12,15,18,23H,5-6,9H2;1-4,7-8,10-12,15,18,21H,5-6,9,19H2/t2*12-,15?,18+/m11/s1. The maximum atomic E-state index is 10.8. The molecular formula is C36H38N6O2S2. The first-order valence-corrected chi connectivity index (χ1v) is 17.6. The molecule has 2 unspecified atom stereocenters. The molecule has 4 aromatic rings. The largest absolute Gasteiger partial charge is 0.391 e. The van der Waals surface area contributed by atoms with Crippen LogP contribution < -0.4 is 15.5 Å². The Bertz CT molecular complexity index is 1660. The third kappa shape index (κ3) is 5.86. The molecule has 0 radical (unpaired) electrons. The molecule has 0 aromatic heterocycles. The average Bonchev–Trinajstić information content (AvgIpc) is 3.09. The van der Waals surface area contributed by atoms with E-state index < -0.39 is 12.2 Å². The van der Waals surface area contributed by atoms with E-state index in [9.17, 15) is 10.2 Å². The summed E-state index contributed by atoms with van der Waals surface area (Å²) < 4.78 is 0. The molecule has 6 atom stereocenters. The summed E-state index contributed by atoms with van der Waals surface area (Å²) in [6, 6.07) is 32.9. The van der Waals surface area contributed by atoms with E-state index in [0.29, 0.717) is 0 Å². The third-order valence-electron chi connectivity index (χ3n) is 9.46. The van der Waals surface area contributed by atoms with Gasteiger partial charge in [0, 0.05) is 30.5 Å². The first kappa shape index (κ1) is 31.0. The summed E-state index contributed by atoms with van der Waals surface area (Å²) in [6.45, 7) is 0. The summed E-state index contributed by atoms with van der Waals surface area (Å²) >= 11 is 3.56. The molecular weight excluding hydrogens is 613 g/mol. The zero-order valence-corrected chi connectivity index (χ0v) is 27.1. The Balaban J connectivity index is 0.000000147. The molecule has 2 aliphatic heterocycles. The van der Waals surface area contributed by atoms with Crippen LogP contribution in [0.3, 0.4) is 0 Å². The minimum absolute atomic E-state index is 0.0481. The van der Waals surface area contributed by atoms with Crippen LogP contribution in [0.5, 0.6) is 0 Å². The van der Waals surface area contributed by atoms with Crippen LogP contribution in [0.4, 0.5) is 22.7 Å². The highest BCUT2D eigenvalue weighted by atomic mass is 32.2. The van der Waals surface area contributed by atoms with E-state index in [0.717, 1.165) is 49.9 Å². The van der Waals surface area contributed by atoms with Gasteiger partial charge in [-0.25, -0.2) is 0 Å². The van der Waals surface area contributed by atoms with Crippen molar-refractivity contribution in [1.29, 1.82) is 0 Å². The quantitative estimate of drug-likeness (QED) is 0.116. The normalized spacial score (nSPS) is 26.2. The number of rotatable bonds is 3. The van der Waals surface area contributed by atoms with E-state index >= 15 is 0 Å². The maximum absolute atomic E-state index is 10.8. The summed E-state index contributed by atoms with van der Waals surface area (Å²) in [7, 11) is 0. The zero-order chi connectivity index (χ0) is 31.6. The predicted octanol–water partition coefficient (Wildman–Crippen LogP) is 8.41. The molecule has 2 fully saturated rings. The number of benzene rings is 4. The van der Waals surface area contributed by atoms with E-state index in [-0.39, 0.29) is 24.2 Å². The minimum Gasteiger partial charge on any atom is -0.391 e. The topological polar surface area (TPSA) is 122 Å². The predicted molar refractivity (Wildman–Crippen MR) is 186 cm³/mol.